The van der Waals surface area contributed by atoms with Gasteiger partial charge in [-0.15, -0.1) is 13.2 Å². The second kappa shape index (κ2) is 8.06. The molecule has 0 bridgehead atoms. The Balaban J connectivity index is 1.97. The summed E-state index contributed by atoms with van der Waals surface area (Å²) >= 11 is 0. The molecule has 10 heteroatoms. The third-order valence-electron chi connectivity index (χ3n) is 3.34. The Morgan fingerprint density at radius 3 is 2.84 bits per heavy atom. The number of hydrogen-bond acceptors (Lipinski definition) is 4. The number of anilines is 1. The van der Waals surface area contributed by atoms with Crippen molar-refractivity contribution in [1.29, 1.82) is 0 Å². The first-order valence-electron chi connectivity index (χ1n) is 7.65. The molecule has 1 fully saturated rings. The fraction of sp³-hybridized carbons (Fsp3) is 0.467. The Hall–Kier alpha value is -2.49. The van der Waals surface area contributed by atoms with Crippen molar-refractivity contribution in [3.8, 4) is 5.75 Å². The molecule has 1 heterocycles. The molecule has 3 amide bonds. The van der Waals surface area contributed by atoms with Gasteiger partial charge in [0, 0.05) is 18.3 Å². The third kappa shape index (κ3) is 5.52. The quantitative estimate of drug-likeness (QED) is 0.602. The first-order valence-corrected chi connectivity index (χ1v) is 7.65. The van der Waals surface area contributed by atoms with Gasteiger partial charge < -0.3 is 15.0 Å². The van der Waals surface area contributed by atoms with Crippen molar-refractivity contribution < 1.29 is 32.3 Å². The number of urea groups is 1. The molecule has 7 nitrogen and oxygen atoms in total. The van der Waals surface area contributed by atoms with Crippen molar-refractivity contribution in [3.63, 3.8) is 0 Å². The number of halogens is 3. The number of carbonyl (C=O) groups excluding carboxylic acids is 2. The fourth-order valence-electron chi connectivity index (χ4n) is 2.33. The van der Waals surface area contributed by atoms with Crippen molar-refractivity contribution in [3.05, 3.63) is 24.3 Å². The molecule has 1 unspecified atom stereocenters. The van der Waals surface area contributed by atoms with Crippen LogP contribution >= 0.6 is 0 Å². The molecule has 2 N–H and O–H groups in total. The average Bonchev–Trinajstić information content (AvgIpc) is 2.87. The van der Waals surface area contributed by atoms with Gasteiger partial charge in [0.25, 0.3) is 0 Å². The lowest BCUT2D eigenvalue weighted by molar-refractivity contribution is -0.274. The lowest BCUT2D eigenvalue weighted by Crippen LogP contribution is -2.46. The van der Waals surface area contributed by atoms with Crippen molar-refractivity contribution in [1.82, 2.24) is 10.8 Å². The Kier molecular flexibility index (Phi) is 6.07. The first kappa shape index (κ1) is 18.8. The molecule has 2 rings (SSSR count). The number of nitrogens with one attached hydrogen (secondary N) is 2. The predicted molar refractivity (Wildman–Crippen MR) is 81.8 cm³/mol. The maximum Gasteiger partial charge on any atom is 0.573 e. The minimum Gasteiger partial charge on any atom is -0.406 e. The highest BCUT2D eigenvalue weighted by Crippen LogP contribution is 2.29. The lowest BCUT2D eigenvalue weighted by Gasteiger charge is -2.18. The molecule has 25 heavy (non-hydrogen) atoms. The van der Waals surface area contributed by atoms with Crippen LogP contribution in [0.4, 0.5) is 23.7 Å². The van der Waals surface area contributed by atoms with Crippen LogP contribution in [0.3, 0.4) is 0 Å². The highest BCUT2D eigenvalue weighted by Gasteiger charge is 2.35. The molecule has 0 aliphatic carbocycles. The second-order valence-corrected chi connectivity index (χ2v) is 5.30. The van der Waals surface area contributed by atoms with E-state index in [1.165, 1.54) is 17.0 Å². The van der Waals surface area contributed by atoms with Crippen LogP contribution < -0.4 is 20.4 Å². The molecular formula is C15H18F3N3O4. The van der Waals surface area contributed by atoms with E-state index in [-0.39, 0.29) is 12.2 Å². The summed E-state index contributed by atoms with van der Waals surface area (Å²) in [4.78, 5) is 30.1. The van der Waals surface area contributed by atoms with Crippen LogP contribution in [-0.4, -0.2) is 37.5 Å². The second-order valence-electron chi connectivity index (χ2n) is 5.30. The molecule has 0 aromatic heterocycles. The van der Waals surface area contributed by atoms with Crippen LogP contribution in [0, 0.1) is 0 Å². The van der Waals surface area contributed by atoms with Crippen LogP contribution in [0.1, 0.15) is 19.8 Å². The van der Waals surface area contributed by atoms with Gasteiger partial charge in [0.1, 0.15) is 11.8 Å². The number of ether oxygens (including phenoxy) is 1. The van der Waals surface area contributed by atoms with Crippen molar-refractivity contribution in [2.24, 2.45) is 0 Å². The summed E-state index contributed by atoms with van der Waals surface area (Å²) in [6.45, 7) is 2.47. The van der Waals surface area contributed by atoms with Crippen LogP contribution in [0.5, 0.6) is 5.75 Å². The van der Waals surface area contributed by atoms with Crippen molar-refractivity contribution >= 4 is 17.6 Å². The topological polar surface area (TPSA) is 79.9 Å². The van der Waals surface area contributed by atoms with Gasteiger partial charge in [-0.25, -0.2) is 10.3 Å². The molecule has 0 saturated carbocycles. The minimum absolute atomic E-state index is 0.259. The number of amides is 3. The zero-order valence-corrected chi connectivity index (χ0v) is 13.4. The fourth-order valence-corrected chi connectivity index (χ4v) is 2.33. The molecule has 1 aromatic rings. The summed E-state index contributed by atoms with van der Waals surface area (Å²) in [5.41, 5.74) is 2.42. The Labute approximate surface area is 142 Å². The van der Waals surface area contributed by atoms with Gasteiger partial charge >= 0.3 is 12.4 Å². The normalized spacial score (nSPS) is 17.5. The summed E-state index contributed by atoms with van der Waals surface area (Å²) in [7, 11) is 0. The highest BCUT2D eigenvalue weighted by molar-refractivity contribution is 6.01. The molecule has 1 aliphatic heterocycles. The number of carbonyl (C=O) groups is 2. The number of hydrogen-bond donors (Lipinski definition) is 2. The Morgan fingerprint density at radius 2 is 2.16 bits per heavy atom. The van der Waals surface area contributed by atoms with E-state index in [4.69, 9.17) is 4.84 Å². The summed E-state index contributed by atoms with van der Waals surface area (Å²) < 4.78 is 40.7. The third-order valence-corrected chi connectivity index (χ3v) is 3.34. The first-order chi connectivity index (χ1) is 11.8. The molecule has 1 saturated heterocycles. The largest absolute Gasteiger partial charge is 0.573 e. The summed E-state index contributed by atoms with van der Waals surface area (Å²) in [6, 6.07) is 3.69. The maximum atomic E-state index is 12.3. The van der Waals surface area contributed by atoms with Gasteiger partial charge in [0.15, 0.2) is 0 Å². The SMILES string of the molecule is CCCONC(=O)NC1CCN(c2cccc(OC(F)(F)F)c2)C1=O. The number of hydroxylamine groups is 1. The van der Waals surface area contributed by atoms with Crippen LogP contribution in [0.2, 0.25) is 0 Å². The van der Waals surface area contributed by atoms with Crippen LogP contribution in [-0.2, 0) is 9.63 Å². The summed E-state index contributed by atoms with van der Waals surface area (Å²) in [6.07, 6.45) is -3.77. The van der Waals surface area contributed by atoms with Crippen molar-refractivity contribution in [2.45, 2.75) is 32.2 Å². The predicted octanol–water partition coefficient (Wildman–Crippen LogP) is 2.33. The molecule has 0 spiro atoms. The van der Waals surface area contributed by atoms with Gasteiger partial charge in [-0.1, -0.05) is 13.0 Å². The molecule has 1 aromatic carbocycles. The van der Waals surface area contributed by atoms with E-state index in [2.05, 4.69) is 15.5 Å². The number of alkyl halides is 3. The maximum absolute atomic E-state index is 12.3. The standard InChI is InChI=1S/C15H18F3N3O4/c1-2-8-24-20-14(23)19-12-6-7-21(13(12)22)10-4-3-5-11(9-10)25-15(16,17)18/h3-5,9,12H,2,6-8H2,1H3,(H2,19,20,23). The van der Waals surface area contributed by atoms with Gasteiger partial charge in [0.05, 0.1) is 6.61 Å². The van der Waals surface area contributed by atoms with E-state index in [0.29, 0.717) is 19.4 Å². The average molecular weight is 361 g/mol. The van der Waals surface area contributed by atoms with E-state index in [0.717, 1.165) is 12.1 Å². The molecule has 0 radical (unpaired) electrons. The summed E-state index contributed by atoms with van der Waals surface area (Å²) in [5.74, 6) is -0.838. The minimum atomic E-state index is -4.81. The van der Waals surface area contributed by atoms with Crippen LogP contribution in [0.25, 0.3) is 0 Å². The van der Waals surface area contributed by atoms with E-state index in [1.807, 2.05) is 6.92 Å². The molecule has 1 aliphatic rings. The Bertz CT molecular complexity index is 624. The highest BCUT2D eigenvalue weighted by atomic mass is 19.4. The van der Waals surface area contributed by atoms with E-state index in [9.17, 15) is 22.8 Å². The zero-order chi connectivity index (χ0) is 18.4. The van der Waals surface area contributed by atoms with Gasteiger partial charge in [-0.3, -0.25) is 9.63 Å². The Morgan fingerprint density at radius 1 is 1.40 bits per heavy atom. The molecular weight excluding hydrogens is 343 g/mol. The van der Waals surface area contributed by atoms with Gasteiger partial charge in [-0.2, -0.15) is 0 Å². The van der Waals surface area contributed by atoms with E-state index >= 15 is 0 Å². The van der Waals surface area contributed by atoms with E-state index < -0.39 is 30.1 Å². The molecule has 138 valence electrons. The van der Waals surface area contributed by atoms with Crippen LogP contribution in [0.15, 0.2) is 24.3 Å². The van der Waals surface area contributed by atoms with Gasteiger partial charge in [0.2, 0.25) is 5.91 Å². The molecule has 1 atom stereocenters. The summed E-state index contributed by atoms with van der Waals surface area (Å²) in [5, 5.41) is 2.46. The van der Waals surface area contributed by atoms with Crippen molar-refractivity contribution in [2.75, 3.05) is 18.1 Å². The number of benzene rings is 1. The number of nitrogens with zero attached hydrogens (tertiary/aromatic N) is 1. The smallest absolute Gasteiger partial charge is 0.406 e. The van der Waals surface area contributed by atoms with E-state index in [1.54, 1.807) is 0 Å². The number of rotatable bonds is 6. The zero-order valence-electron chi connectivity index (χ0n) is 13.4. The lowest BCUT2D eigenvalue weighted by atomic mass is 10.2. The monoisotopic (exact) mass is 361 g/mol. The van der Waals surface area contributed by atoms with Gasteiger partial charge in [-0.05, 0) is 25.0 Å².